The molecule has 0 bridgehead atoms. The molecule has 0 radical (unpaired) electrons. The molecular formula is C18H16ClN3O2S. The number of nitrogens with zero attached hydrogens (tertiary/aromatic N) is 3. The van der Waals surface area contributed by atoms with E-state index >= 15 is 0 Å². The van der Waals surface area contributed by atoms with E-state index in [0.29, 0.717) is 36.1 Å². The molecule has 1 aromatic carbocycles. The van der Waals surface area contributed by atoms with Crippen molar-refractivity contribution < 1.29 is 9.32 Å². The average molecular weight is 374 g/mol. The average Bonchev–Trinajstić information content (AvgIpc) is 3.30. The van der Waals surface area contributed by atoms with Gasteiger partial charge in [-0.1, -0.05) is 28.9 Å². The van der Waals surface area contributed by atoms with Crippen LogP contribution < -0.4 is 4.90 Å². The quantitative estimate of drug-likeness (QED) is 0.687. The zero-order valence-electron chi connectivity index (χ0n) is 13.6. The second kappa shape index (κ2) is 6.61. The van der Waals surface area contributed by atoms with Crippen LogP contribution in [0.3, 0.4) is 0 Å². The number of anilines is 1. The van der Waals surface area contributed by atoms with Crippen molar-refractivity contribution in [2.24, 2.45) is 0 Å². The molecule has 1 aliphatic heterocycles. The Morgan fingerprint density at radius 2 is 2.28 bits per heavy atom. The number of amides is 1. The molecule has 0 spiro atoms. The van der Waals surface area contributed by atoms with Gasteiger partial charge in [0.25, 0.3) is 0 Å². The summed E-state index contributed by atoms with van der Waals surface area (Å²) in [6, 6.07) is 9.74. The van der Waals surface area contributed by atoms with Crippen LogP contribution in [-0.4, -0.2) is 22.6 Å². The van der Waals surface area contributed by atoms with Gasteiger partial charge in [0.2, 0.25) is 11.8 Å². The molecule has 1 saturated heterocycles. The van der Waals surface area contributed by atoms with Crippen molar-refractivity contribution in [3.05, 3.63) is 62.9 Å². The lowest BCUT2D eigenvalue weighted by atomic mass is 10.1. The molecular weight excluding hydrogens is 358 g/mol. The van der Waals surface area contributed by atoms with E-state index in [1.807, 2.05) is 42.6 Å². The zero-order valence-corrected chi connectivity index (χ0v) is 15.2. The van der Waals surface area contributed by atoms with Crippen LogP contribution in [-0.2, 0) is 11.2 Å². The SMILES string of the molecule is Cc1ccc(N2CC(c3noc(Cc4cccs4)n3)CC2=O)c(Cl)c1. The molecule has 1 fully saturated rings. The smallest absolute Gasteiger partial charge is 0.231 e. The van der Waals surface area contributed by atoms with Crippen LogP contribution >= 0.6 is 22.9 Å². The van der Waals surface area contributed by atoms with Gasteiger partial charge in [0.15, 0.2) is 5.82 Å². The highest BCUT2D eigenvalue weighted by Gasteiger charge is 2.35. The minimum absolute atomic E-state index is 0.0281. The number of rotatable bonds is 4. The third-order valence-electron chi connectivity index (χ3n) is 4.27. The molecule has 0 saturated carbocycles. The second-order valence-electron chi connectivity index (χ2n) is 6.16. The van der Waals surface area contributed by atoms with Gasteiger partial charge in [0, 0.05) is 23.8 Å². The molecule has 1 amide bonds. The molecule has 0 N–H and O–H groups in total. The minimum atomic E-state index is -0.0781. The van der Waals surface area contributed by atoms with Gasteiger partial charge in [-0.05, 0) is 36.1 Å². The third-order valence-corrected chi connectivity index (χ3v) is 5.45. The van der Waals surface area contributed by atoms with Crippen LogP contribution in [0.1, 0.15) is 34.5 Å². The highest BCUT2D eigenvalue weighted by atomic mass is 35.5. The van der Waals surface area contributed by atoms with Crippen molar-refractivity contribution in [3.8, 4) is 0 Å². The number of aryl methyl sites for hydroxylation is 1. The van der Waals surface area contributed by atoms with E-state index < -0.39 is 0 Å². The van der Waals surface area contributed by atoms with Crippen LogP contribution in [0.25, 0.3) is 0 Å². The second-order valence-corrected chi connectivity index (χ2v) is 7.60. The van der Waals surface area contributed by atoms with Gasteiger partial charge in [-0.15, -0.1) is 11.3 Å². The number of carbonyl (C=O) groups excluding carboxylic acids is 1. The molecule has 5 nitrogen and oxygen atoms in total. The monoisotopic (exact) mass is 373 g/mol. The summed E-state index contributed by atoms with van der Waals surface area (Å²) in [6.45, 7) is 2.48. The van der Waals surface area contributed by atoms with Crippen LogP contribution in [0, 0.1) is 6.92 Å². The van der Waals surface area contributed by atoms with E-state index in [4.69, 9.17) is 16.1 Å². The Balaban J connectivity index is 1.51. The first kappa shape index (κ1) is 16.3. The van der Waals surface area contributed by atoms with Crippen molar-refractivity contribution in [1.29, 1.82) is 0 Å². The first-order valence-electron chi connectivity index (χ1n) is 8.01. The van der Waals surface area contributed by atoms with Gasteiger partial charge < -0.3 is 9.42 Å². The first-order chi connectivity index (χ1) is 12.1. The molecule has 0 aliphatic carbocycles. The summed E-state index contributed by atoms with van der Waals surface area (Å²) in [5, 5.41) is 6.69. The summed E-state index contributed by atoms with van der Waals surface area (Å²) in [6.07, 6.45) is 0.987. The Labute approximate surface area is 154 Å². The van der Waals surface area contributed by atoms with E-state index in [1.165, 1.54) is 4.88 Å². The molecule has 2 aromatic heterocycles. The summed E-state index contributed by atoms with van der Waals surface area (Å²) in [7, 11) is 0. The molecule has 1 aliphatic rings. The van der Waals surface area contributed by atoms with Gasteiger partial charge in [-0.25, -0.2) is 0 Å². The fourth-order valence-corrected chi connectivity index (χ4v) is 4.05. The fourth-order valence-electron chi connectivity index (χ4n) is 3.01. The molecule has 1 atom stereocenters. The topological polar surface area (TPSA) is 59.2 Å². The number of benzene rings is 1. The first-order valence-corrected chi connectivity index (χ1v) is 9.27. The predicted octanol–water partition coefficient (Wildman–Crippen LogP) is 4.20. The van der Waals surface area contributed by atoms with Crippen molar-refractivity contribution in [1.82, 2.24) is 10.1 Å². The molecule has 7 heteroatoms. The van der Waals surface area contributed by atoms with Gasteiger partial charge >= 0.3 is 0 Å². The summed E-state index contributed by atoms with van der Waals surface area (Å²) in [4.78, 5) is 19.8. The van der Waals surface area contributed by atoms with Crippen LogP contribution in [0.2, 0.25) is 5.02 Å². The number of thiophene rings is 1. The van der Waals surface area contributed by atoms with Crippen molar-refractivity contribution >= 4 is 34.5 Å². The maximum atomic E-state index is 12.4. The van der Waals surface area contributed by atoms with E-state index in [0.717, 1.165) is 11.3 Å². The maximum Gasteiger partial charge on any atom is 0.231 e. The standard InChI is InChI=1S/C18H16ClN3O2S/c1-11-4-5-15(14(19)7-11)22-10-12(8-17(22)23)18-20-16(24-21-18)9-13-3-2-6-25-13/h2-7,12H,8-10H2,1H3. The van der Waals surface area contributed by atoms with Crippen molar-refractivity contribution in [2.75, 3.05) is 11.4 Å². The lowest BCUT2D eigenvalue weighted by Gasteiger charge is -2.18. The molecule has 4 rings (SSSR count). The molecule has 3 aromatic rings. The Kier molecular flexibility index (Phi) is 4.31. The summed E-state index contributed by atoms with van der Waals surface area (Å²) >= 11 is 7.96. The number of hydrogen-bond donors (Lipinski definition) is 0. The fraction of sp³-hybridized carbons (Fsp3) is 0.278. The van der Waals surface area contributed by atoms with Crippen LogP contribution in [0.5, 0.6) is 0 Å². The summed E-state index contributed by atoms with van der Waals surface area (Å²) in [5.74, 6) is 1.12. The normalized spacial score (nSPS) is 17.4. The molecule has 128 valence electrons. The van der Waals surface area contributed by atoms with E-state index in [1.54, 1.807) is 16.2 Å². The Morgan fingerprint density at radius 1 is 1.40 bits per heavy atom. The Morgan fingerprint density at radius 3 is 3.04 bits per heavy atom. The van der Waals surface area contributed by atoms with Gasteiger partial charge in [0.1, 0.15) is 0 Å². The van der Waals surface area contributed by atoms with E-state index in [2.05, 4.69) is 10.1 Å². The number of hydrogen-bond acceptors (Lipinski definition) is 5. The highest BCUT2D eigenvalue weighted by molar-refractivity contribution is 7.09. The zero-order chi connectivity index (χ0) is 17.4. The van der Waals surface area contributed by atoms with Crippen LogP contribution in [0.4, 0.5) is 5.69 Å². The highest BCUT2D eigenvalue weighted by Crippen LogP contribution is 2.35. The molecule has 1 unspecified atom stereocenters. The molecule has 3 heterocycles. The largest absolute Gasteiger partial charge is 0.339 e. The van der Waals surface area contributed by atoms with Gasteiger partial charge in [-0.3, -0.25) is 4.79 Å². The van der Waals surface area contributed by atoms with E-state index in [9.17, 15) is 4.79 Å². The summed E-state index contributed by atoms with van der Waals surface area (Å²) < 4.78 is 5.36. The Bertz CT molecular complexity index is 907. The van der Waals surface area contributed by atoms with Gasteiger partial charge in [-0.2, -0.15) is 4.98 Å². The maximum absolute atomic E-state index is 12.4. The third kappa shape index (κ3) is 3.32. The lowest BCUT2D eigenvalue weighted by molar-refractivity contribution is -0.117. The number of carbonyl (C=O) groups is 1. The van der Waals surface area contributed by atoms with Crippen molar-refractivity contribution in [3.63, 3.8) is 0 Å². The number of halogens is 1. The van der Waals surface area contributed by atoms with Gasteiger partial charge in [0.05, 0.1) is 17.1 Å². The lowest BCUT2D eigenvalue weighted by Crippen LogP contribution is -2.24. The Hall–Kier alpha value is -2.18. The molecule has 25 heavy (non-hydrogen) atoms. The van der Waals surface area contributed by atoms with Crippen molar-refractivity contribution in [2.45, 2.75) is 25.7 Å². The van der Waals surface area contributed by atoms with Crippen LogP contribution in [0.15, 0.2) is 40.2 Å². The number of aromatic nitrogens is 2. The summed E-state index contributed by atoms with van der Waals surface area (Å²) in [5.41, 5.74) is 1.80. The minimum Gasteiger partial charge on any atom is -0.339 e. The predicted molar refractivity (Wildman–Crippen MR) is 97.3 cm³/mol. The van der Waals surface area contributed by atoms with E-state index in [-0.39, 0.29) is 11.8 Å².